The van der Waals surface area contributed by atoms with E-state index in [2.05, 4.69) is 9.97 Å². The van der Waals surface area contributed by atoms with Crippen molar-refractivity contribution < 1.29 is 18.0 Å². The molecule has 1 aromatic carbocycles. The molecule has 0 saturated heterocycles. The third-order valence-corrected chi connectivity index (χ3v) is 3.93. The van der Waals surface area contributed by atoms with Gasteiger partial charge >= 0.3 is 17.9 Å². The summed E-state index contributed by atoms with van der Waals surface area (Å²) in [4.78, 5) is 31.2. The number of rotatable bonds is 1. The van der Waals surface area contributed by atoms with Crippen LogP contribution in [0.5, 0.6) is 0 Å². The monoisotopic (exact) mass is 349 g/mol. The van der Waals surface area contributed by atoms with Gasteiger partial charge in [0.05, 0.1) is 17.4 Å². The Labute approximate surface area is 137 Å². The van der Waals surface area contributed by atoms with Crippen LogP contribution < -0.4 is 16.0 Å². The van der Waals surface area contributed by atoms with E-state index in [1.165, 1.54) is 42.7 Å². The Morgan fingerprint density at radius 1 is 1.12 bits per heavy atom. The number of pyridine rings is 1. The Morgan fingerprint density at radius 3 is 2.64 bits per heavy atom. The molecule has 128 valence electrons. The lowest BCUT2D eigenvalue weighted by Crippen LogP contribution is -2.54. The van der Waals surface area contributed by atoms with Gasteiger partial charge in [0.15, 0.2) is 6.04 Å². The van der Waals surface area contributed by atoms with E-state index in [0.29, 0.717) is 5.52 Å². The molecular formula is C15H10F3N5O2. The molecule has 0 fully saturated rings. The smallest absolute Gasteiger partial charge is 0.320 e. The highest BCUT2D eigenvalue weighted by molar-refractivity contribution is 5.96. The van der Waals surface area contributed by atoms with Gasteiger partial charge in [-0.3, -0.25) is 4.98 Å². The summed E-state index contributed by atoms with van der Waals surface area (Å²) in [5.74, 6) is 0. The second-order valence-corrected chi connectivity index (χ2v) is 5.43. The van der Waals surface area contributed by atoms with Gasteiger partial charge in [0.1, 0.15) is 5.52 Å². The number of para-hydroxylation sites is 1. The van der Waals surface area contributed by atoms with Gasteiger partial charge < -0.3 is 10.3 Å². The van der Waals surface area contributed by atoms with Crippen molar-refractivity contribution in [2.75, 3.05) is 5.01 Å². The minimum atomic E-state index is -4.66. The van der Waals surface area contributed by atoms with Crippen molar-refractivity contribution in [2.45, 2.75) is 12.2 Å². The number of anilines is 1. The summed E-state index contributed by atoms with van der Waals surface area (Å²) in [7, 11) is 0. The van der Waals surface area contributed by atoms with E-state index in [9.17, 15) is 22.8 Å². The number of fused-ring (bicyclic) bond motifs is 2. The first kappa shape index (κ1) is 15.2. The van der Waals surface area contributed by atoms with Crippen molar-refractivity contribution in [1.82, 2.24) is 20.0 Å². The number of nitrogens with zero attached hydrogens (tertiary/aromatic N) is 3. The van der Waals surface area contributed by atoms with Crippen LogP contribution in [0.3, 0.4) is 0 Å². The minimum Gasteiger partial charge on any atom is -0.320 e. The molecule has 2 aromatic heterocycles. The predicted molar refractivity (Wildman–Crippen MR) is 82.0 cm³/mol. The van der Waals surface area contributed by atoms with Crippen molar-refractivity contribution in [3.63, 3.8) is 0 Å². The maximum Gasteiger partial charge on any atom is 0.413 e. The summed E-state index contributed by atoms with van der Waals surface area (Å²) < 4.78 is 40.8. The Morgan fingerprint density at radius 2 is 1.88 bits per heavy atom. The van der Waals surface area contributed by atoms with Crippen LogP contribution in [0, 0.1) is 0 Å². The molecule has 2 N–H and O–H groups in total. The number of hydrogen-bond donors (Lipinski definition) is 2. The van der Waals surface area contributed by atoms with Gasteiger partial charge in [-0.15, -0.1) is 0 Å². The summed E-state index contributed by atoms with van der Waals surface area (Å²) in [6.07, 6.45) is -1.87. The van der Waals surface area contributed by atoms with Crippen molar-refractivity contribution >= 4 is 22.8 Å². The largest absolute Gasteiger partial charge is 0.413 e. The first-order chi connectivity index (χ1) is 11.9. The molecule has 0 bridgehead atoms. The molecule has 0 aliphatic carbocycles. The fourth-order valence-corrected chi connectivity index (χ4v) is 2.89. The van der Waals surface area contributed by atoms with E-state index in [-0.39, 0.29) is 16.8 Å². The van der Waals surface area contributed by atoms with Crippen LogP contribution in [0.15, 0.2) is 47.5 Å². The van der Waals surface area contributed by atoms with E-state index in [1.54, 1.807) is 0 Å². The SMILES string of the molecule is O=C1NC(C(F)(F)F)c2ccccc2N1n1c(=O)[nH]c2ccncc21. The van der Waals surface area contributed by atoms with E-state index in [1.807, 2.05) is 5.32 Å². The number of alkyl halides is 3. The average Bonchev–Trinajstić information content (AvgIpc) is 2.89. The van der Waals surface area contributed by atoms with Crippen molar-refractivity contribution in [1.29, 1.82) is 0 Å². The number of amides is 2. The molecule has 10 heteroatoms. The molecule has 0 spiro atoms. The molecule has 7 nitrogen and oxygen atoms in total. The number of carbonyl (C=O) groups excluding carboxylic acids is 1. The molecular weight excluding hydrogens is 339 g/mol. The second kappa shape index (κ2) is 5.10. The highest BCUT2D eigenvalue weighted by atomic mass is 19.4. The van der Waals surface area contributed by atoms with E-state index in [4.69, 9.17) is 0 Å². The number of H-pyrrole nitrogens is 1. The number of urea groups is 1. The zero-order valence-corrected chi connectivity index (χ0v) is 12.4. The molecule has 1 atom stereocenters. The first-order valence-corrected chi connectivity index (χ1v) is 7.19. The second-order valence-electron chi connectivity index (χ2n) is 5.43. The van der Waals surface area contributed by atoms with Gasteiger partial charge in [0.2, 0.25) is 0 Å². The maximum absolute atomic E-state index is 13.3. The summed E-state index contributed by atoms with van der Waals surface area (Å²) in [5.41, 5.74) is -0.176. The summed E-state index contributed by atoms with van der Waals surface area (Å²) >= 11 is 0. The molecule has 1 unspecified atom stereocenters. The lowest BCUT2D eigenvalue weighted by atomic mass is 10.0. The third kappa shape index (κ3) is 2.25. The lowest BCUT2D eigenvalue weighted by Gasteiger charge is -2.35. The summed E-state index contributed by atoms with van der Waals surface area (Å²) in [6.45, 7) is 0. The standard InChI is InChI=1S/C15H10F3N5O2/c16-15(17,18)12-8-3-1-2-4-10(8)22(14(25)21-12)23-11-7-19-6-5-9(11)20-13(23)24/h1-7,12H,(H,20,24)(H,21,25). The Hall–Kier alpha value is -3.30. The highest BCUT2D eigenvalue weighted by Gasteiger charge is 2.47. The number of aromatic amines is 1. The van der Waals surface area contributed by atoms with Crippen LogP contribution in [-0.2, 0) is 0 Å². The van der Waals surface area contributed by atoms with Crippen LogP contribution >= 0.6 is 0 Å². The highest BCUT2D eigenvalue weighted by Crippen LogP contribution is 2.40. The molecule has 25 heavy (non-hydrogen) atoms. The van der Waals surface area contributed by atoms with Gasteiger partial charge in [-0.2, -0.15) is 22.9 Å². The van der Waals surface area contributed by atoms with Gasteiger partial charge in [0.25, 0.3) is 0 Å². The predicted octanol–water partition coefficient (Wildman–Crippen LogP) is 2.32. The molecule has 1 aliphatic rings. The number of aromatic nitrogens is 3. The number of hydrogen-bond acceptors (Lipinski definition) is 3. The number of nitrogens with one attached hydrogen (secondary N) is 2. The molecule has 4 rings (SSSR count). The zero-order valence-electron chi connectivity index (χ0n) is 12.4. The average molecular weight is 349 g/mol. The van der Waals surface area contributed by atoms with Gasteiger partial charge in [-0.05, 0) is 12.1 Å². The van der Waals surface area contributed by atoms with Crippen molar-refractivity contribution in [3.05, 3.63) is 58.8 Å². The van der Waals surface area contributed by atoms with Crippen LogP contribution in [0.4, 0.5) is 23.7 Å². The van der Waals surface area contributed by atoms with E-state index >= 15 is 0 Å². The zero-order chi connectivity index (χ0) is 17.8. The summed E-state index contributed by atoms with van der Waals surface area (Å²) in [6, 6.07) is 3.87. The Bertz CT molecular complexity index is 1040. The van der Waals surface area contributed by atoms with Crippen LogP contribution in [0.2, 0.25) is 0 Å². The molecule has 1 aliphatic heterocycles. The number of carbonyl (C=O) groups is 1. The van der Waals surface area contributed by atoms with Crippen molar-refractivity contribution in [2.24, 2.45) is 0 Å². The Balaban J connectivity index is 1.97. The molecule has 0 saturated carbocycles. The number of benzene rings is 1. The number of imidazole rings is 1. The van der Waals surface area contributed by atoms with Gasteiger partial charge in [0, 0.05) is 11.8 Å². The third-order valence-electron chi connectivity index (χ3n) is 3.93. The first-order valence-electron chi connectivity index (χ1n) is 7.19. The van der Waals surface area contributed by atoms with Crippen LogP contribution in [0.25, 0.3) is 11.0 Å². The molecule has 2 amide bonds. The number of halogens is 3. The minimum absolute atomic E-state index is 0.0274. The fourth-order valence-electron chi connectivity index (χ4n) is 2.89. The topological polar surface area (TPSA) is 83.0 Å². The quantitative estimate of drug-likeness (QED) is 0.707. The maximum atomic E-state index is 13.3. The molecule has 3 aromatic rings. The van der Waals surface area contributed by atoms with Crippen LogP contribution in [0.1, 0.15) is 11.6 Å². The fraction of sp³-hybridized carbons (Fsp3) is 0.133. The molecule has 3 heterocycles. The van der Waals surface area contributed by atoms with E-state index in [0.717, 1.165) is 9.69 Å². The van der Waals surface area contributed by atoms with Gasteiger partial charge in [-0.25, -0.2) is 9.59 Å². The Kier molecular flexibility index (Phi) is 3.11. The van der Waals surface area contributed by atoms with Crippen molar-refractivity contribution in [3.8, 4) is 0 Å². The molecule has 0 radical (unpaired) electrons. The van der Waals surface area contributed by atoms with E-state index < -0.39 is 23.9 Å². The lowest BCUT2D eigenvalue weighted by molar-refractivity contribution is -0.155. The normalized spacial score (nSPS) is 17.5. The van der Waals surface area contributed by atoms with Crippen LogP contribution in [-0.4, -0.2) is 26.9 Å². The van der Waals surface area contributed by atoms with Gasteiger partial charge in [-0.1, -0.05) is 18.2 Å². The summed E-state index contributed by atoms with van der Waals surface area (Å²) in [5, 5.41) is 2.79.